The lowest BCUT2D eigenvalue weighted by molar-refractivity contribution is -0.115. The van der Waals surface area contributed by atoms with Crippen LogP contribution in [0.4, 0.5) is 5.69 Å². The van der Waals surface area contributed by atoms with Crippen molar-refractivity contribution in [2.24, 2.45) is 0 Å². The van der Waals surface area contributed by atoms with Crippen molar-refractivity contribution in [3.05, 3.63) is 58.6 Å². The summed E-state index contributed by atoms with van der Waals surface area (Å²) < 4.78 is 5.27. The molecule has 1 amide bonds. The van der Waals surface area contributed by atoms with Crippen LogP contribution in [0.25, 0.3) is 0 Å². The first-order valence-corrected chi connectivity index (χ1v) is 7.36. The first-order chi connectivity index (χ1) is 10.6. The Bertz CT molecular complexity index is 659. The summed E-state index contributed by atoms with van der Waals surface area (Å²) in [5, 5.41) is 6.54. The second kappa shape index (κ2) is 7.82. The molecule has 116 valence electrons. The molecule has 0 fully saturated rings. The molecular weight excluding hydrogens is 300 g/mol. The summed E-state index contributed by atoms with van der Waals surface area (Å²) in [5.74, 6) is 0.690. The number of hydrogen-bond donors (Lipinski definition) is 2. The highest BCUT2D eigenvalue weighted by atomic mass is 35.5. The molecular formula is C17H19ClN2O2. The van der Waals surface area contributed by atoms with E-state index in [2.05, 4.69) is 10.6 Å². The van der Waals surface area contributed by atoms with Gasteiger partial charge in [-0.05, 0) is 30.7 Å². The van der Waals surface area contributed by atoms with Gasteiger partial charge in [-0.2, -0.15) is 0 Å². The Labute approximate surface area is 135 Å². The van der Waals surface area contributed by atoms with Crippen LogP contribution in [-0.2, 0) is 11.3 Å². The molecule has 0 aliphatic rings. The Morgan fingerprint density at radius 1 is 1.23 bits per heavy atom. The van der Waals surface area contributed by atoms with E-state index in [1.807, 2.05) is 43.3 Å². The molecule has 0 atom stereocenters. The van der Waals surface area contributed by atoms with Crippen LogP contribution in [-0.4, -0.2) is 19.6 Å². The molecule has 0 aliphatic heterocycles. The third-order valence-electron chi connectivity index (χ3n) is 3.25. The van der Waals surface area contributed by atoms with Crippen molar-refractivity contribution in [2.75, 3.05) is 19.0 Å². The van der Waals surface area contributed by atoms with E-state index in [-0.39, 0.29) is 12.5 Å². The molecule has 0 heterocycles. The van der Waals surface area contributed by atoms with Gasteiger partial charge in [0.2, 0.25) is 5.91 Å². The second-order valence-electron chi connectivity index (χ2n) is 4.93. The number of rotatable bonds is 6. The zero-order valence-electron chi connectivity index (χ0n) is 12.7. The average Bonchev–Trinajstić information content (AvgIpc) is 2.51. The van der Waals surface area contributed by atoms with E-state index >= 15 is 0 Å². The SMILES string of the molecule is COc1ccccc1CNCC(=O)Nc1ccc(C)c(Cl)c1. The van der Waals surface area contributed by atoms with E-state index in [1.54, 1.807) is 13.2 Å². The Morgan fingerprint density at radius 3 is 2.73 bits per heavy atom. The van der Waals surface area contributed by atoms with Gasteiger partial charge in [0.15, 0.2) is 0 Å². The molecule has 2 aromatic carbocycles. The van der Waals surface area contributed by atoms with Crippen molar-refractivity contribution in [3.8, 4) is 5.75 Å². The predicted molar refractivity (Wildman–Crippen MR) is 89.5 cm³/mol. The lowest BCUT2D eigenvalue weighted by atomic mass is 10.2. The van der Waals surface area contributed by atoms with Crippen LogP contribution in [0.3, 0.4) is 0 Å². The van der Waals surface area contributed by atoms with E-state index < -0.39 is 0 Å². The fourth-order valence-corrected chi connectivity index (χ4v) is 2.22. The van der Waals surface area contributed by atoms with Crippen molar-refractivity contribution in [1.82, 2.24) is 5.32 Å². The number of anilines is 1. The molecule has 2 aromatic rings. The molecule has 0 saturated carbocycles. The van der Waals surface area contributed by atoms with Gasteiger partial charge in [0.25, 0.3) is 0 Å². The zero-order valence-corrected chi connectivity index (χ0v) is 13.4. The summed E-state index contributed by atoms with van der Waals surface area (Å²) in [4.78, 5) is 11.9. The van der Waals surface area contributed by atoms with Gasteiger partial charge in [0.05, 0.1) is 13.7 Å². The minimum Gasteiger partial charge on any atom is -0.496 e. The number of carbonyl (C=O) groups is 1. The lowest BCUT2D eigenvalue weighted by Crippen LogP contribution is -2.27. The molecule has 0 aromatic heterocycles. The Kier molecular flexibility index (Phi) is 5.81. The third-order valence-corrected chi connectivity index (χ3v) is 3.66. The van der Waals surface area contributed by atoms with E-state index in [0.29, 0.717) is 17.3 Å². The molecule has 2 rings (SSSR count). The number of carbonyl (C=O) groups excluding carboxylic acids is 1. The Balaban J connectivity index is 1.84. The Hall–Kier alpha value is -2.04. The highest BCUT2D eigenvalue weighted by Crippen LogP contribution is 2.20. The molecule has 0 spiro atoms. The molecule has 0 radical (unpaired) electrons. The van der Waals surface area contributed by atoms with E-state index in [1.165, 1.54) is 0 Å². The summed E-state index contributed by atoms with van der Waals surface area (Å²) in [6.45, 7) is 2.69. The minimum atomic E-state index is -0.116. The fraction of sp³-hybridized carbons (Fsp3) is 0.235. The number of halogens is 1. The van der Waals surface area contributed by atoms with Crippen LogP contribution >= 0.6 is 11.6 Å². The first-order valence-electron chi connectivity index (χ1n) is 6.99. The van der Waals surface area contributed by atoms with E-state index in [4.69, 9.17) is 16.3 Å². The summed E-state index contributed by atoms with van der Waals surface area (Å²) in [5.41, 5.74) is 2.69. The largest absolute Gasteiger partial charge is 0.496 e. The summed E-state index contributed by atoms with van der Waals surface area (Å²) in [6.07, 6.45) is 0. The van der Waals surface area contributed by atoms with Crippen LogP contribution in [0.2, 0.25) is 5.02 Å². The monoisotopic (exact) mass is 318 g/mol. The lowest BCUT2D eigenvalue weighted by Gasteiger charge is -2.10. The predicted octanol–water partition coefficient (Wildman–Crippen LogP) is 3.39. The number of para-hydroxylation sites is 1. The highest BCUT2D eigenvalue weighted by Gasteiger charge is 2.05. The van der Waals surface area contributed by atoms with E-state index in [9.17, 15) is 4.79 Å². The van der Waals surface area contributed by atoms with Crippen LogP contribution < -0.4 is 15.4 Å². The molecule has 0 saturated heterocycles. The van der Waals surface area contributed by atoms with Gasteiger partial charge in [-0.3, -0.25) is 4.79 Å². The van der Waals surface area contributed by atoms with Gasteiger partial charge < -0.3 is 15.4 Å². The maximum atomic E-state index is 11.9. The van der Waals surface area contributed by atoms with Crippen LogP contribution in [0.15, 0.2) is 42.5 Å². The summed E-state index contributed by atoms with van der Waals surface area (Å²) >= 11 is 6.03. The topological polar surface area (TPSA) is 50.4 Å². The van der Waals surface area contributed by atoms with Crippen molar-refractivity contribution < 1.29 is 9.53 Å². The number of methoxy groups -OCH3 is 1. The van der Waals surface area contributed by atoms with Crippen LogP contribution in [0.5, 0.6) is 5.75 Å². The van der Waals surface area contributed by atoms with Gasteiger partial charge >= 0.3 is 0 Å². The molecule has 4 nitrogen and oxygen atoms in total. The van der Waals surface area contributed by atoms with Gasteiger partial charge in [-0.1, -0.05) is 35.9 Å². The standard InChI is InChI=1S/C17H19ClN2O2/c1-12-7-8-14(9-15(12)18)20-17(21)11-19-10-13-5-3-4-6-16(13)22-2/h3-9,19H,10-11H2,1-2H3,(H,20,21). The number of ether oxygens (including phenoxy) is 1. The van der Waals surface area contributed by atoms with Crippen molar-refractivity contribution >= 4 is 23.2 Å². The van der Waals surface area contributed by atoms with Crippen LogP contribution in [0, 0.1) is 6.92 Å². The second-order valence-corrected chi connectivity index (χ2v) is 5.33. The molecule has 22 heavy (non-hydrogen) atoms. The first kappa shape index (κ1) is 16.3. The van der Waals surface area contributed by atoms with Gasteiger partial charge in [0.1, 0.15) is 5.75 Å². The van der Waals surface area contributed by atoms with Crippen molar-refractivity contribution in [2.45, 2.75) is 13.5 Å². The number of aryl methyl sites for hydroxylation is 1. The summed E-state index contributed by atoms with van der Waals surface area (Å²) in [7, 11) is 1.63. The average molecular weight is 319 g/mol. The van der Waals surface area contributed by atoms with Gasteiger partial charge in [-0.15, -0.1) is 0 Å². The minimum absolute atomic E-state index is 0.116. The number of nitrogens with one attached hydrogen (secondary N) is 2. The molecule has 0 unspecified atom stereocenters. The third kappa shape index (κ3) is 4.48. The normalized spacial score (nSPS) is 10.3. The van der Waals surface area contributed by atoms with Crippen molar-refractivity contribution in [1.29, 1.82) is 0 Å². The number of benzene rings is 2. The molecule has 2 N–H and O–H groups in total. The smallest absolute Gasteiger partial charge is 0.238 e. The zero-order chi connectivity index (χ0) is 15.9. The highest BCUT2D eigenvalue weighted by molar-refractivity contribution is 6.31. The Morgan fingerprint density at radius 2 is 2.00 bits per heavy atom. The van der Waals surface area contributed by atoms with Crippen molar-refractivity contribution in [3.63, 3.8) is 0 Å². The van der Waals surface area contributed by atoms with Crippen LogP contribution in [0.1, 0.15) is 11.1 Å². The fourth-order valence-electron chi connectivity index (χ4n) is 2.04. The number of amides is 1. The maximum absolute atomic E-state index is 11.9. The number of hydrogen-bond acceptors (Lipinski definition) is 3. The quantitative estimate of drug-likeness (QED) is 0.858. The van der Waals surface area contributed by atoms with E-state index in [0.717, 1.165) is 16.9 Å². The van der Waals surface area contributed by atoms with Gasteiger partial charge in [0, 0.05) is 22.8 Å². The van der Waals surface area contributed by atoms with Gasteiger partial charge in [-0.25, -0.2) is 0 Å². The summed E-state index contributed by atoms with van der Waals surface area (Å²) in [6, 6.07) is 13.2. The molecule has 0 aliphatic carbocycles. The molecule has 5 heteroatoms. The molecule has 0 bridgehead atoms. The maximum Gasteiger partial charge on any atom is 0.238 e.